The lowest BCUT2D eigenvalue weighted by atomic mass is 10.1. The van der Waals surface area contributed by atoms with Crippen molar-refractivity contribution in [2.24, 2.45) is 0 Å². The molecule has 0 aliphatic carbocycles. The molecule has 30 heavy (non-hydrogen) atoms. The van der Waals surface area contributed by atoms with Gasteiger partial charge in [-0.25, -0.2) is 9.59 Å². The number of esters is 2. The standard InChI is InChI=1S/C19H21N3O8/c1-5-29-19(25)17-10(2)16(11(3)20-17)18(24)30-9-15(23)21-13-7-6-12(28-4)8-14(13)22(26)27/h6-8,20H,5,9H2,1-4H3,(H,21,23). The molecule has 0 saturated heterocycles. The van der Waals surface area contributed by atoms with Gasteiger partial charge in [0.1, 0.15) is 17.1 Å². The van der Waals surface area contributed by atoms with Gasteiger partial charge in [0.15, 0.2) is 6.61 Å². The summed E-state index contributed by atoms with van der Waals surface area (Å²) < 4.78 is 14.8. The van der Waals surface area contributed by atoms with Crippen LogP contribution in [-0.4, -0.2) is 48.1 Å². The third-order valence-electron chi connectivity index (χ3n) is 4.13. The van der Waals surface area contributed by atoms with Crippen molar-refractivity contribution < 1.29 is 33.5 Å². The molecule has 160 valence electrons. The van der Waals surface area contributed by atoms with Gasteiger partial charge >= 0.3 is 11.9 Å². The van der Waals surface area contributed by atoms with Crippen LogP contribution >= 0.6 is 0 Å². The number of ether oxygens (including phenoxy) is 3. The Morgan fingerprint density at radius 2 is 1.87 bits per heavy atom. The number of methoxy groups -OCH3 is 1. The third-order valence-corrected chi connectivity index (χ3v) is 4.13. The van der Waals surface area contributed by atoms with E-state index in [9.17, 15) is 24.5 Å². The molecule has 2 rings (SSSR count). The number of carbonyl (C=O) groups excluding carboxylic acids is 3. The number of aromatic amines is 1. The molecule has 11 nitrogen and oxygen atoms in total. The van der Waals surface area contributed by atoms with E-state index in [1.54, 1.807) is 20.8 Å². The van der Waals surface area contributed by atoms with Crippen LogP contribution < -0.4 is 10.1 Å². The number of carbonyl (C=O) groups is 3. The largest absolute Gasteiger partial charge is 0.496 e. The lowest BCUT2D eigenvalue weighted by molar-refractivity contribution is -0.384. The molecule has 0 fully saturated rings. The van der Waals surface area contributed by atoms with E-state index in [1.807, 2.05) is 0 Å². The Bertz CT molecular complexity index is 996. The van der Waals surface area contributed by atoms with E-state index in [1.165, 1.54) is 19.2 Å². The van der Waals surface area contributed by atoms with Gasteiger partial charge < -0.3 is 24.5 Å². The number of benzene rings is 1. The Morgan fingerprint density at radius 3 is 2.47 bits per heavy atom. The van der Waals surface area contributed by atoms with Crippen LogP contribution in [0.5, 0.6) is 5.75 Å². The highest BCUT2D eigenvalue weighted by atomic mass is 16.6. The van der Waals surface area contributed by atoms with E-state index < -0.39 is 29.4 Å². The Hall–Kier alpha value is -3.89. The first-order chi connectivity index (χ1) is 14.2. The summed E-state index contributed by atoms with van der Waals surface area (Å²) in [6, 6.07) is 3.91. The number of hydrogen-bond donors (Lipinski definition) is 2. The molecule has 1 amide bonds. The molecular formula is C19H21N3O8. The fourth-order valence-electron chi connectivity index (χ4n) is 2.75. The minimum atomic E-state index is -0.823. The fraction of sp³-hybridized carbons (Fsp3) is 0.316. The Balaban J connectivity index is 2.08. The molecular weight excluding hydrogens is 398 g/mol. The summed E-state index contributed by atoms with van der Waals surface area (Å²) in [6.07, 6.45) is 0. The molecule has 2 N–H and O–H groups in total. The number of nitro benzene ring substituents is 1. The normalized spacial score (nSPS) is 10.3. The van der Waals surface area contributed by atoms with E-state index in [2.05, 4.69) is 10.3 Å². The number of amides is 1. The van der Waals surface area contributed by atoms with Gasteiger partial charge in [0, 0.05) is 5.69 Å². The third kappa shape index (κ3) is 4.93. The Labute approximate surface area is 171 Å². The SMILES string of the molecule is CCOC(=O)c1[nH]c(C)c(C(=O)OCC(=O)Nc2ccc(OC)cc2[N+](=O)[O-])c1C. The highest BCUT2D eigenvalue weighted by Gasteiger charge is 2.24. The molecule has 11 heteroatoms. The molecule has 1 aromatic carbocycles. The predicted molar refractivity (Wildman–Crippen MR) is 105 cm³/mol. The first kappa shape index (κ1) is 22.4. The molecule has 1 heterocycles. The van der Waals surface area contributed by atoms with Gasteiger partial charge in [-0.3, -0.25) is 14.9 Å². The van der Waals surface area contributed by atoms with Crippen molar-refractivity contribution in [3.8, 4) is 5.75 Å². The zero-order valence-electron chi connectivity index (χ0n) is 16.9. The summed E-state index contributed by atoms with van der Waals surface area (Å²) >= 11 is 0. The molecule has 0 saturated carbocycles. The predicted octanol–water partition coefficient (Wildman–Crippen LogP) is 2.52. The summed E-state index contributed by atoms with van der Waals surface area (Å²) in [5.74, 6) is -1.95. The number of nitro groups is 1. The summed E-state index contributed by atoms with van der Waals surface area (Å²) in [5.41, 5.74) is 0.515. The van der Waals surface area contributed by atoms with Gasteiger partial charge in [-0.05, 0) is 38.5 Å². The molecule has 0 spiro atoms. The van der Waals surface area contributed by atoms with Crippen LogP contribution in [0.2, 0.25) is 0 Å². The van der Waals surface area contributed by atoms with Crippen molar-refractivity contribution in [1.82, 2.24) is 4.98 Å². The lowest BCUT2D eigenvalue weighted by Crippen LogP contribution is -2.22. The van der Waals surface area contributed by atoms with Gasteiger partial charge in [0.05, 0.1) is 30.3 Å². The smallest absolute Gasteiger partial charge is 0.355 e. The first-order valence-corrected chi connectivity index (χ1v) is 8.85. The number of nitrogens with zero attached hydrogens (tertiary/aromatic N) is 1. The van der Waals surface area contributed by atoms with Crippen molar-refractivity contribution in [2.45, 2.75) is 20.8 Å². The number of anilines is 1. The minimum Gasteiger partial charge on any atom is -0.496 e. The van der Waals surface area contributed by atoms with Gasteiger partial charge in [0.25, 0.3) is 11.6 Å². The van der Waals surface area contributed by atoms with Crippen LogP contribution in [0.25, 0.3) is 0 Å². The Kier molecular flexibility index (Phi) is 7.13. The average Bonchev–Trinajstić information content (AvgIpc) is 3.00. The Morgan fingerprint density at radius 1 is 1.17 bits per heavy atom. The molecule has 0 aliphatic rings. The topological polar surface area (TPSA) is 150 Å². The number of rotatable bonds is 8. The highest BCUT2D eigenvalue weighted by Crippen LogP contribution is 2.29. The summed E-state index contributed by atoms with van der Waals surface area (Å²) in [6.45, 7) is 4.28. The van der Waals surface area contributed by atoms with Crippen LogP contribution in [-0.2, 0) is 14.3 Å². The number of hydrogen-bond acceptors (Lipinski definition) is 8. The van der Waals surface area contributed by atoms with E-state index in [4.69, 9.17) is 14.2 Å². The maximum Gasteiger partial charge on any atom is 0.355 e. The van der Waals surface area contributed by atoms with Crippen LogP contribution in [0.4, 0.5) is 11.4 Å². The maximum absolute atomic E-state index is 12.4. The highest BCUT2D eigenvalue weighted by molar-refractivity contribution is 6.00. The number of H-pyrrole nitrogens is 1. The maximum atomic E-state index is 12.4. The quantitative estimate of drug-likeness (QED) is 0.376. The van der Waals surface area contributed by atoms with Crippen LogP contribution in [0, 0.1) is 24.0 Å². The van der Waals surface area contributed by atoms with Gasteiger partial charge in [0.2, 0.25) is 0 Å². The van der Waals surface area contributed by atoms with Gasteiger partial charge in [-0.15, -0.1) is 0 Å². The molecule has 1 aromatic heterocycles. The van der Waals surface area contributed by atoms with E-state index in [0.29, 0.717) is 11.3 Å². The van der Waals surface area contributed by atoms with Crippen molar-refractivity contribution in [3.05, 3.63) is 50.8 Å². The molecule has 0 atom stereocenters. The number of aryl methyl sites for hydroxylation is 1. The second-order valence-corrected chi connectivity index (χ2v) is 6.11. The van der Waals surface area contributed by atoms with Crippen molar-refractivity contribution >= 4 is 29.2 Å². The van der Waals surface area contributed by atoms with Gasteiger partial charge in [-0.1, -0.05) is 0 Å². The minimum absolute atomic E-state index is 0.0690. The van der Waals surface area contributed by atoms with Crippen LogP contribution in [0.3, 0.4) is 0 Å². The second kappa shape index (κ2) is 9.54. The van der Waals surface area contributed by atoms with E-state index >= 15 is 0 Å². The van der Waals surface area contributed by atoms with Gasteiger partial charge in [-0.2, -0.15) is 0 Å². The summed E-state index contributed by atoms with van der Waals surface area (Å²) in [5, 5.41) is 13.5. The van der Waals surface area contributed by atoms with Crippen molar-refractivity contribution in [3.63, 3.8) is 0 Å². The molecule has 0 radical (unpaired) electrons. The van der Waals surface area contributed by atoms with Crippen molar-refractivity contribution in [2.75, 3.05) is 25.6 Å². The molecule has 2 aromatic rings. The monoisotopic (exact) mass is 419 g/mol. The average molecular weight is 419 g/mol. The summed E-state index contributed by atoms with van der Waals surface area (Å²) in [7, 11) is 1.36. The molecule has 0 aliphatic heterocycles. The fourth-order valence-corrected chi connectivity index (χ4v) is 2.75. The number of aromatic nitrogens is 1. The van der Waals surface area contributed by atoms with Crippen LogP contribution in [0.1, 0.15) is 39.0 Å². The zero-order chi connectivity index (χ0) is 22.4. The summed E-state index contributed by atoms with van der Waals surface area (Å²) in [4.78, 5) is 49.7. The van der Waals surface area contributed by atoms with Crippen molar-refractivity contribution in [1.29, 1.82) is 0 Å². The van der Waals surface area contributed by atoms with E-state index in [-0.39, 0.29) is 35.0 Å². The second-order valence-electron chi connectivity index (χ2n) is 6.11. The molecule has 0 unspecified atom stereocenters. The molecule has 0 bridgehead atoms. The first-order valence-electron chi connectivity index (χ1n) is 8.85. The number of nitrogens with one attached hydrogen (secondary N) is 2. The van der Waals surface area contributed by atoms with Crippen LogP contribution in [0.15, 0.2) is 18.2 Å². The lowest BCUT2D eigenvalue weighted by Gasteiger charge is -2.08. The van der Waals surface area contributed by atoms with E-state index in [0.717, 1.165) is 6.07 Å². The zero-order valence-corrected chi connectivity index (χ0v) is 16.9.